The summed E-state index contributed by atoms with van der Waals surface area (Å²) < 4.78 is 18.8. The second-order valence-corrected chi connectivity index (χ2v) is 4.40. The van der Waals surface area contributed by atoms with E-state index in [-0.39, 0.29) is 11.9 Å². The molecule has 0 bridgehead atoms. The van der Waals surface area contributed by atoms with E-state index in [2.05, 4.69) is 4.98 Å². The summed E-state index contributed by atoms with van der Waals surface area (Å²) in [5, 5.41) is 0. The topological polar surface area (TPSA) is 52.0 Å². The number of fused-ring (bicyclic) bond motifs is 1. The van der Waals surface area contributed by atoms with Crippen LogP contribution in [0.25, 0.3) is 11.5 Å². The SMILES string of the molecule is NC1CCc2oc(-c3cccc(F)c3)nc2C1. The molecule has 0 saturated heterocycles. The van der Waals surface area contributed by atoms with Gasteiger partial charge in [0.15, 0.2) is 0 Å². The molecular formula is C13H13FN2O. The molecule has 0 amide bonds. The number of aryl methyl sites for hydroxylation is 1. The molecule has 0 fully saturated rings. The molecule has 0 spiro atoms. The van der Waals surface area contributed by atoms with Gasteiger partial charge in [-0.05, 0) is 24.6 Å². The van der Waals surface area contributed by atoms with Crippen molar-refractivity contribution in [2.75, 3.05) is 0 Å². The Labute approximate surface area is 98.5 Å². The fourth-order valence-corrected chi connectivity index (χ4v) is 2.15. The maximum atomic E-state index is 13.1. The quantitative estimate of drug-likeness (QED) is 0.820. The second-order valence-electron chi connectivity index (χ2n) is 4.40. The van der Waals surface area contributed by atoms with Crippen molar-refractivity contribution in [3.05, 3.63) is 41.5 Å². The molecule has 0 aliphatic heterocycles. The molecule has 3 nitrogen and oxygen atoms in total. The van der Waals surface area contributed by atoms with Crippen LogP contribution in [0.1, 0.15) is 17.9 Å². The van der Waals surface area contributed by atoms with E-state index < -0.39 is 0 Å². The Morgan fingerprint density at radius 3 is 3.12 bits per heavy atom. The van der Waals surface area contributed by atoms with Crippen molar-refractivity contribution in [3.8, 4) is 11.5 Å². The fraction of sp³-hybridized carbons (Fsp3) is 0.308. The van der Waals surface area contributed by atoms with Gasteiger partial charge in [-0.1, -0.05) is 6.07 Å². The van der Waals surface area contributed by atoms with E-state index >= 15 is 0 Å². The zero-order valence-corrected chi connectivity index (χ0v) is 9.32. The van der Waals surface area contributed by atoms with E-state index in [0.717, 1.165) is 30.7 Å². The number of hydrogen-bond acceptors (Lipinski definition) is 3. The maximum absolute atomic E-state index is 13.1. The Balaban J connectivity index is 2.00. The largest absolute Gasteiger partial charge is 0.441 e. The molecule has 3 rings (SSSR count). The van der Waals surface area contributed by atoms with E-state index in [4.69, 9.17) is 10.2 Å². The molecule has 2 aromatic rings. The van der Waals surface area contributed by atoms with Gasteiger partial charge in [-0.25, -0.2) is 9.37 Å². The van der Waals surface area contributed by atoms with E-state index in [9.17, 15) is 4.39 Å². The van der Waals surface area contributed by atoms with E-state index in [1.807, 2.05) is 0 Å². The number of aromatic nitrogens is 1. The van der Waals surface area contributed by atoms with Crippen LogP contribution in [0, 0.1) is 5.82 Å². The standard InChI is InChI=1S/C13H13FN2O/c14-9-3-1-2-8(6-9)13-16-11-7-10(15)4-5-12(11)17-13/h1-3,6,10H,4-5,7,15H2. The zero-order chi connectivity index (χ0) is 11.8. The van der Waals surface area contributed by atoms with Gasteiger partial charge in [-0.3, -0.25) is 0 Å². The highest BCUT2D eigenvalue weighted by molar-refractivity contribution is 5.53. The van der Waals surface area contributed by atoms with Gasteiger partial charge in [0.2, 0.25) is 5.89 Å². The summed E-state index contributed by atoms with van der Waals surface area (Å²) in [5.74, 6) is 1.10. The maximum Gasteiger partial charge on any atom is 0.226 e. The fourth-order valence-electron chi connectivity index (χ4n) is 2.15. The predicted molar refractivity (Wildman–Crippen MR) is 61.9 cm³/mol. The zero-order valence-electron chi connectivity index (χ0n) is 9.32. The molecule has 1 aromatic carbocycles. The molecule has 4 heteroatoms. The molecule has 1 atom stereocenters. The van der Waals surface area contributed by atoms with Crippen molar-refractivity contribution in [1.29, 1.82) is 0 Å². The van der Waals surface area contributed by atoms with Crippen molar-refractivity contribution in [1.82, 2.24) is 4.98 Å². The lowest BCUT2D eigenvalue weighted by molar-refractivity contribution is 0.463. The van der Waals surface area contributed by atoms with E-state index in [0.29, 0.717) is 11.5 Å². The number of rotatable bonds is 1. The van der Waals surface area contributed by atoms with Crippen molar-refractivity contribution in [2.24, 2.45) is 5.73 Å². The highest BCUT2D eigenvalue weighted by Crippen LogP contribution is 2.27. The summed E-state index contributed by atoms with van der Waals surface area (Å²) in [6.07, 6.45) is 2.48. The normalized spacial score (nSPS) is 19.1. The van der Waals surface area contributed by atoms with Gasteiger partial charge in [0.05, 0.1) is 5.69 Å². The Bertz CT molecular complexity index is 550. The number of benzene rings is 1. The summed E-state index contributed by atoms with van der Waals surface area (Å²) in [6, 6.07) is 6.44. The van der Waals surface area contributed by atoms with Crippen LogP contribution in [0.4, 0.5) is 4.39 Å². The van der Waals surface area contributed by atoms with Gasteiger partial charge in [0.1, 0.15) is 11.6 Å². The van der Waals surface area contributed by atoms with Gasteiger partial charge >= 0.3 is 0 Å². The van der Waals surface area contributed by atoms with Gasteiger partial charge in [-0.15, -0.1) is 0 Å². The van der Waals surface area contributed by atoms with Gasteiger partial charge < -0.3 is 10.2 Å². The van der Waals surface area contributed by atoms with Crippen molar-refractivity contribution in [3.63, 3.8) is 0 Å². The number of nitrogens with zero attached hydrogens (tertiary/aromatic N) is 1. The smallest absolute Gasteiger partial charge is 0.226 e. The van der Waals surface area contributed by atoms with Crippen LogP contribution in [-0.4, -0.2) is 11.0 Å². The number of halogens is 1. The minimum Gasteiger partial charge on any atom is -0.441 e. The third kappa shape index (κ3) is 1.96. The summed E-state index contributed by atoms with van der Waals surface area (Å²) in [5.41, 5.74) is 7.47. The first-order valence-electron chi connectivity index (χ1n) is 5.72. The Morgan fingerprint density at radius 2 is 2.29 bits per heavy atom. The van der Waals surface area contributed by atoms with Crippen LogP contribution in [0.3, 0.4) is 0 Å². The summed E-state index contributed by atoms with van der Waals surface area (Å²) in [4.78, 5) is 4.40. The molecule has 1 aliphatic carbocycles. The van der Waals surface area contributed by atoms with E-state index in [1.54, 1.807) is 12.1 Å². The van der Waals surface area contributed by atoms with Crippen LogP contribution in [0.5, 0.6) is 0 Å². The molecule has 1 aliphatic rings. The molecule has 2 N–H and O–H groups in total. The minimum atomic E-state index is -0.282. The average molecular weight is 232 g/mol. The lowest BCUT2D eigenvalue weighted by atomic mass is 9.98. The van der Waals surface area contributed by atoms with Crippen LogP contribution < -0.4 is 5.73 Å². The third-order valence-corrected chi connectivity index (χ3v) is 3.05. The third-order valence-electron chi connectivity index (χ3n) is 3.05. The molecule has 1 heterocycles. The first-order valence-corrected chi connectivity index (χ1v) is 5.72. The Hall–Kier alpha value is -1.68. The summed E-state index contributed by atoms with van der Waals surface area (Å²) in [6.45, 7) is 0. The highest BCUT2D eigenvalue weighted by atomic mass is 19.1. The lowest BCUT2D eigenvalue weighted by Crippen LogP contribution is -2.27. The molecular weight excluding hydrogens is 219 g/mol. The lowest BCUT2D eigenvalue weighted by Gasteiger charge is -2.14. The molecule has 0 radical (unpaired) electrons. The minimum absolute atomic E-state index is 0.160. The van der Waals surface area contributed by atoms with Crippen molar-refractivity contribution >= 4 is 0 Å². The van der Waals surface area contributed by atoms with Crippen LogP contribution in [0.2, 0.25) is 0 Å². The van der Waals surface area contributed by atoms with Gasteiger partial charge in [0.25, 0.3) is 0 Å². The second kappa shape index (κ2) is 3.96. The first-order chi connectivity index (χ1) is 8.22. The van der Waals surface area contributed by atoms with Gasteiger partial charge in [0, 0.05) is 24.4 Å². The predicted octanol–water partition coefficient (Wildman–Crippen LogP) is 2.30. The summed E-state index contributed by atoms with van der Waals surface area (Å²) >= 11 is 0. The highest BCUT2D eigenvalue weighted by Gasteiger charge is 2.22. The molecule has 17 heavy (non-hydrogen) atoms. The van der Waals surface area contributed by atoms with Crippen molar-refractivity contribution in [2.45, 2.75) is 25.3 Å². The van der Waals surface area contributed by atoms with Crippen LogP contribution in [-0.2, 0) is 12.8 Å². The molecule has 0 saturated carbocycles. The van der Waals surface area contributed by atoms with Gasteiger partial charge in [-0.2, -0.15) is 0 Å². The number of nitrogens with two attached hydrogens (primary N) is 1. The number of hydrogen-bond donors (Lipinski definition) is 1. The number of oxazole rings is 1. The summed E-state index contributed by atoms with van der Waals surface area (Å²) in [7, 11) is 0. The average Bonchev–Trinajstić information content (AvgIpc) is 2.72. The first kappa shape index (κ1) is 10.5. The van der Waals surface area contributed by atoms with Crippen LogP contribution >= 0.6 is 0 Å². The Kier molecular flexibility index (Phi) is 2.44. The molecule has 88 valence electrons. The monoisotopic (exact) mass is 232 g/mol. The molecule has 1 aromatic heterocycles. The van der Waals surface area contributed by atoms with Crippen LogP contribution in [0.15, 0.2) is 28.7 Å². The van der Waals surface area contributed by atoms with Crippen molar-refractivity contribution < 1.29 is 8.81 Å². The van der Waals surface area contributed by atoms with E-state index in [1.165, 1.54) is 12.1 Å². The Morgan fingerprint density at radius 1 is 1.41 bits per heavy atom. The molecule has 1 unspecified atom stereocenters.